The van der Waals surface area contributed by atoms with E-state index in [0.717, 1.165) is 12.0 Å². The average Bonchev–Trinajstić information content (AvgIpc) is 2.38. The monoisotopic (exact) mass is 302 g/mol. The van der Waals surface area contributed by atoms with E-state index in [0.29, 0.717) is 23.9 Å². The van der Waals surface area contributed by atoms with Gasteiger partial charge in [0, 0.05) is 35.2 Å². The predicted octanol–water partition coefficient (Wildman–Crippen LogP) is 1.40. The molecule has 106 valence electrons. The van der Waals surface area contributed by atoms with Crippen molar-refractivity contribution < 1.29 is 9.00 Å². The summed E-state index contributed by atoms with van der Waals surface area (Å²) in [6.45, 7) is 1.15. The molecule has 0 bridgehead atoms. The fourth-order valence-electron chi connectivity index (χ4n) is 1.52. The number of nitrogens with zero attached hydrogens (tertiary/aromatic N) is 1. The van der Waals surface area contributed by atoms with Gasteiger partial charge in [-0.05, 0) is 30.7 Å². The molecule has 19 heavy (non-hydrogen) atoms. The minimum atomic E-state index is -1.20. The Morgan fingerprint density at radius 3 is 2.58 bits per heavy atom. The van der Waals surface area contributed by atoms with Crippen LogP contribution in [-0.4, -0.2) is 40.9 Å². The fourth-order valence-corrected chi connectivity index (χ4v) is 2.81. The molecule has 1 aromatic carbocycles. The van der Waals surface area contributed by atoms with Crippen molar-refractivity contribution in [2.75, 3.05) is 25.9 Å². The number of halogens is 1. The SMILES string of the molecule is CN(CCCN)C(=O)CS(=O)Cc1ccc(Cl)cc1. The van der Waals surface area contributed by atoms with E-state index < -0.39 is 10.8 Å². The summed E-state index contributed by atoms with van der Waals surface area (Å²) in [6.07, 6.45) is 0.756. The topological polar surface area (TPSA) is 63.4 Å². The van der Waals surface area contributed by atoms with Crippen molar-refractivity contribution in [3.8, 4) is 0 Å². The highest BCUT2D eigenvalue weighted by atomic mass is 35.5. The highest BCUT2D eigenvalue weighted by molar-refractivity contribution is 7.84. The van der Waals surface area contributed by atoms with E-state index in [-0.39, 0.29) is 11.7 Å². The Labute approximate surface area is 121 Å². The first-order valence-corrected chi connectivity index (χ1v) is 7.93. The normalized spacial score (nSPS) is 12.2. The molecule has 4 nitrogen and oxygen atoms in total. The molecule has 1 atom stereocenters. The molecule has 6 heteroatoms. The van der Waals surface area contributed by atoms with Gasteiger partial charge < -0.3 is 10.6 Å². The molecule has 0 saturated carbocycles. The molecule has 0 saturated heterocycles. The molecule has 0 aliphatic rings. The smallest absolute Gasteiger partial charge is 0.234 e. The van der Waals surface area contributed by atoms with Crippen LogP contribution in [0.4, 0.5) is 0 Å². The molecule has 0 aliphatic heterocycles. The molecule has 0 spiro atoms. The Kier molecular flexibility index (Phi) is 7.05. The Bertz CT molecular complexity index is 437. The lowest BCUT2D eigenvalue weighted by Gasteiger charge is -2.16. The van der Waals surface area contributed by atoms with E-state index >= 15 is 0 Å². The van der Waals surface area contributed by atoms with Crippen molar-refractivity contribution >= 4 is 28.3 Å². The molecule has 0 heterocycles. The van der Waals surface area contributed by atoms with Crippen LogP contribution in [0.15, 0.2) is 24.3 Å². The van der Waals surface area contributed by atoms with Crippen LogP contribution >= 0.6 is 11.6 Å². The quantitative estimate of drug-likeness (QED) is 0.828. The molecule has 1 amide bonds. The van der Waals surface area contributed by atoms with Gasteiger partial charge in [-0.3, -0.25) is 9.00 Å². The summed E-state index contributed by atoms with van der Waals surface area (Å²) in [5.41, 5.74) is 6.30. The molecule has 1 rings (SSSR count). The van der Waals surface area contributed by atoms with Gasteiger partial charge >= 0.3 is 0 Å². The largest absolute Gasteiger partial charge is 0.345 e. The first kappa shape index (κ1) is 16.1. The number of benzene rings is 1. The van der Waals surface area contributed by atoms with Crippen LogP contribution in [0, 0.1) is 0 Å². The molecule has 2 N–H and O–H groups in total. The van der Waals surface area contributed by atoms with Gasteiger partial charge in [0.1, 0.15) is 5.75 Å². The van der Waals surface area contributed by atoms with Gasteiger partial charge in [-0.1, -0.05) is 23.7 Å². The van der Waals surface area contributed by atoms with Crippen molar-refractivity contribution in [1.82, 2.24) is 4.90 Å². The maximum absolute atomic E-state index is 11.9. The van der Waals surface area contributed by atoms with Crippen molar-refractivity contribution in [3.63, 3.8) is 0 Å². The lowest BCUT2D eigenvalue weighted by Crippen LogP contribution is -2.32. The second-order valence-corrected chi connectivity index (χ2v) is 6.21. The van der Waals surface area contributed by atoms with Crippen LogP contribution in [0.1, 0.15) is 12.0 Å². The molecule has 1 unspecified atom stereocenters. The van der Waals surface area contributed by atoms with Gasteiger partial charge in [0.05, 0.1) is 0 Å². The number of amides is 1. The first-order chi connectivity index (χ1) is 9.02. The summed E-state index contributed by atoms with van der Waals surface area (Å²) < 4.78 is 11.9. The third kappa shape index (κ3) is 6.18. The minimum absolute atomic E-state index is 0.0453. The molecular formula is C13H19ClN2O2S. The van der Waals surface area contributed by atoms with Crippen molar-refractivity contribution in [3.05, 3.63) is 34.9 Å². The second kappa shape index (κ2) is 8.30. The summed E-state index contributed by atoms with van der Waals surface area (Å²) in [6, 6.07) is 7.15. The van der Waals surface area contributed by atoms with Crippen molar-refractivity contribution in [2.24, 2.45) is 5.73 Å². The Balaban J connectivity index is 2.42. The molecular weight excluding hydrogens is 284 g/mol. The third-order valence-electron chi connectivity index (χ3n) is 2.65. The third-order valence-corrected chi connectivity index (χ3v) is 4.12. The van der Waals surface area contributed by atoms with E-state index in [1.54, 1.807) is 24.1 Å². The lowest BCUT2D eigenvalue weighted by atomic mass is 10.2. The molecule has 0 aliphatic carbocycles. The van der Waals surface area contributed by atoms with Crippen LogP contribution in [0.25, 0.3) is 0 Å². The van der Waals surface area contributed by atoms with Crippen LogP contribution in [0.5, 0.6) is 0 Å². The van der Waals surface area contributed by atoms with E-state index in [1.807, 2.05) is 12.1 Å². The van der Waals surface area contributed by atoms with Gasteiger partial charge in [0.15, 0.2) is 0 Å². The zero-order valence-electron chi connectivity index (χ0n) is 11.0. The summed E-state index contributed by atoms with van der Waals surface area (Å²) in [5.74, 6) is 0.304. The zero-order chi connectivity index (χ0) is 14.3. The Morgan fingerprint density at radius 1 is 1.37 bits per heavy atom. The van der Waals surface area contributed by atoms with Gasteiger partial charge in [-0.15, -0.1) is 0 Å². The first-order valence-electron chi connectivity index (χ1n) is 6.06. The van der Waals surface area contributed by atoms with Gasteiger partial charge in [-0.2, -0.15) is 0 Å². The number of carbonyl (C=O) groups is 1. The van der Waals surface area contributed by atoms with Crippen LogP contribution in [-0.2, 0) is 21.3 Å². The van der Waals surface area contributed by atoms with Gasteiger partial charge in [-0.25, -0.2) is 0 Å². The summed E-state index contributed by atoms with van der Waals surface area (Å²) in [7, 11) is 0.506. The van der Waals surface area contributed by atoms with Crippen LogP contribution in [0.3, 0.4) is 0 Å². The Hall–Kier alpha value is -0.910. The van der Waals surface area contributed by atoms with E-state index in [1.165, 1.54) is 0 Å². The number of carbonyl (C=O) groups excluding carboxylic acids is 1. The highest BCUT2D eigenvalue weighted by Gasteiger charge is 2.12. The summed E-state index contributed by atoms with van der Waals surface area (Å²) in [5, 5.41) is 0.645. The molecule has 0 radical (unpaired) electrons. The minimum Gasteiger partial charge on any atom is -0.345 e. The Morgan fingerprint density at radius 2 is 2.00 bits per heavy atom. The summed E-state index contributed by atoms with van der Waals surface area (Å²) >= 11 is 5.78. The van der Waals surface area contributed by atoms with Crippen LogP contribution in [0.2, 0.25) is 5.02 Å². The fraction of sp³-hybridized carbons (Fsp3) is 0.462. The molecule has 0 fully saturated rings. The van der Waals surface area contributed by atoms with Crippen LogP contribution < -0.4 is 5.73 Å². The number of rotatable bonds is 7. The maximum Gasteiger partial charge on any atom is 0.234 e. The highest BCUT2D eigenvalue weighted by Crippen LogP contribution is 2.11. The average molecular weight is 303 g/mol. The van der Waals surface area contributed by atoms with E-state index in [4.69, 9.17) is 17.3 Å². The zero-order valence-corrected chi connectivity index (χ0v) is 12.5. The lowest BCUT2D eigenvalue weighted by molar-refractivity contribution is -0.127. The molecule has 1 aromatic rings. The van der Waals surface area contributed by atoms with Crippen molar-refractivity contribution in [2.45, 2.75) is 12.2 Å². The number of hydrogen-bond acceptors (Lipinski definition) is 3. The van der Waals surface area contributed by atoms with Gasteiger partial charge in [0.2, 0.25) is 5.91 Å². The van der Waals surface area contributed by atoms with Gasteiger partial charge in [0.25, 0.3) is 0 Å². The summed E-state index contributed by atoms with van der Waals surface area (Å²) in [4.78, 5) is 13.4. The second-order valence-electron chi connectivity index (χ2n) is 4.31. The van der Waals surface area contributed by atoms with E-state index in [9.17, 15) is 9.00 Å². The van der Waals surface area contributed by atoms with Crippen molar-refractivity contribution in [1.29, 1.82) is 0 Å². The number of nitrogens with two attached hydrogens (primary N) is 1. The van der Waals surface area contributed by atoms with E-state index in [2.05, 4.69) is 0 Å². The number of hydrogen-bond donors (Lipinski definition) is 1. The molecule has 0 aromatic heterocycles. The standard InChI is InChI=1S/C13H19ClN2O2S/c1-16(8-2-7-15)13(17)10-19(18)9-11-3-5-12(14)6-4-11/h3-6H,2,7-10,15H2,1H3. The predicted molar refractivity (Wildman–Crippen MR) is 79.5 cm³/mol. The maximum atomic E-state index is 11.9.